The van der Waals surface area contributed by atoms with Gasteiger partial charge in [0, 0.05) is 13.0 Å². The summed E-state index contributed by atoms with van der Waals surface area (Å²) < 4.78 is 36.4. The molecule has 0 aromatic rings. The van der Waals surface area contributed by atoms with Crippen molar-refractivity contribution in [2.24, 2.45) is 5.73 Å². The van der Waals surface area contributed by atoms with E-state index in [0.29, 0.717) is 17.9 Å². The van der Waals surface area contributed by atoms with Crippen LogP contribution < -0.4 is 5.73 Å². The Morgan fingerprint density at radius 1 is 1.24 bits per heavy atom. The molecule has 0 atom stereocenters. The van der Waals surface area contributed by atoms with Crippen molar-refractivity contribution in [3.8, 4) is 0 Å². The summed E-state index contributed by atoms with van der Waals surface area (Å²) in [5, 5.41) is 8.61. The van der Waals surface area contributed by atoms with E-state index in [9.17, 15) is 18.0 Å². The molecule has 1 amide bonds. The van der Waals surface area contributed by atoms with E-state index in [-0.39, 0.29) is 13.0 Å². The number of halogens is 3. The van der Waals surface area contributed by atoms with Gasteiger partial charge in [0.25, 0.3) is 0 Å². The van der Waals surface area contributed by atoms with Crippen molar-refractivity contribution in [2.75, 3.05) is 26.2 Å². The molecular formula is C10H19F3N2O2. The standard InChI is InChI=1S/C10H19F3N2O2/c11-10(12,13)8-15(6-7-16)9(17)4-2-1-3-5-14/h16H,1-8,14H2. The second kappa shape index (κ2) is 8.30. The molecule has 0 aromatic carbocycles. The minimum absolute atomic E-state index is 0.0656. The van der Waals surface area contributed by atoms with Crippen LogP contribution in [0.1, 0.15) is 25.7 Å². The van der Waals surface area contributed by atoms with Crippen LogP contribution in [0.2, 0.25) is 0 Å². The van der Waals surface area contributed by atoms with Crippen LogP contribution in [-0.4, -0.2) is 48.3 Å². The van der Waals surface area contributed by atoms with Crippen molar-refractivity contribution in [3.05, 3.63) is 0 Å². The Balaban J connectivity index is 4.06. The lowest BCUT2D eigenvalue weighted by Gasteiger charge is -2.23. The van der Waals surface area contributed by atoms with Crippen LogP contribution in [0.15, 0.2) is 0 Å². The third-order valence-corrected chi connectivity index (χ3v) is 2.19. The smallest absolute Gasteiger partial charge is 0.395 e. The van der Waals surface area contributed by atoms with Gasteiger partial charge in [-0.15, -0.1) is 0 Å². The number of alkyl halides is 3. The minimum atomic E-state index is -4.43. The van der Waals surface area contributed by atoms with E-state index < -0.39 is 25.2 Å². The monoisotopic (exact) mass is 256 g/mol. The van der Waals surface area contributed by atoms with E-state index in [4.69, 9.17) is 10.8 Å². The molecule has 0 rings (SSSR count). The Morgan fingerprint density at radius 3 is 2.35 bits per heavy atom. The number of aliphatic hydroxyl groups excluding tert-OH is 1. The molecule has 0 saturated heterocycles. The number of aliphatic hydroxyl groups is 1. The van der Waals surface area contributed by atoms with Crippen LogP contribution in [0, 0.1) is 0 Å². The zero-order valence-corrected chi connectivity index (χ0v) is 9.67. The van der Waals surface area contributed by atoms with Gasteiger partial charge in [-0.2, -0.15) is 13.2 Å². The van der Waals surface area contributed by atoms with Crippen LogP contribution in [0.3, 0.4) is 0 Å². The highest BCUT2D eigenvalue weighted by Crippen LogP contribution is 2.17. The first kappa shape index (κ1) is 16.2. The summed E-state index contributed by atoms with van der Waals surface area (Å²) in [5.41, 5.74) is 5.26. The van der Waals surface area contributed by atoms with Crippen molar-refractivity contribution < 1.29 is 23.1 Å². The van der Waals surface area contributed by atoms with Crippen molar-refractivity contribution in [3.63, 3.8) is 0 Å². The van der Waals surface area contributed by atoms with Crippen LogP contribution >= 0.6 is 0 Å². The predicted octanol–water partition coefficient (Wildman–Crippen LogP) is 0.889. The molecule has 0 bridgehead atoms. The SMILES string of the molecule is NCCCCCC(=O)N(CCO)CC(F)(F)F. The zero-order valence-electron chi connectivity index (χ0n) is 9.67. The fourth-order valence-electron chi connectivity index (χ4n) is 1.38. The molecule has 0 unspecified atom stereocenters. The van der Waals surface area contributed by atoms with E-state index in [1.165, 1.54) is 0 Å². The molecule has 7 heteroatoms. The molecule has 0 aliphatic heterocycles. The molecular weight excluding hydrogens is 237 g/mol. The molecule has 0 radical (unpaired) electrons. The second-order valence-electron chi connectivity index (χ2n) is 3.75. The summed E-state index contributed by atoms with van der Waals surface area (Å²) in [5.74, 6) is -0.576. The first-order valence-corrected chi connectivity index (χ1v) is 5.56. The maximum atomic E-state index is 12.1. The maximum absolute atomic E-state index is 12.1. The number of carbonyl (C=O) groups excluding carboxylic acids is 1. The largest absolute Gasteiger partial charge is 0.406 e. The topological polar surface area (TPSA) is 66.6 Å². The van der Waals surface area contributed by atoms with E-state index >= 15 is 0 Å². The van der Waals surface area contributed by atoms with Crippen molar-refractivity contribution in [1.29, 1.82) is 0 Å². The van der Waals surface area contributed by atoms with Gasteiger partial charge in [-0.05, 0) is 19.4 Å². The van der Waals surface area contributed by atoms with E-state index in [1.807, 2.05) is 0 Å². The molecule has 0 spiro atoms. The second-order valence-corrected chi connectivity index (χ2v) is 3.75. The van der Waals surface area contributed by atoms with Crippen LogP contribution in [0.25, 0.3) is 0 Å². The molecule has 0 aliphatic carbocycles. The first-order valence-electron chi connectivity index (χ1n) is 5.56. The van der Waals surface area contributed by atoms with Gasteiger partial charge < -0.3 is 15.7 Å². The Hall–Kier alpha value is -0.820. The molecule has 0 fully saturated rings. The van der Waals surface area contributed by atoms with E-state index in [2.05, 4.69) is 0 Å². The van der Waals surface area contributed by atoms with E-state index in [0.717, 1.165) is 12.8 Å². The fraction of sp³-hybridized carbons (Fsp3) is 0.900. The Bertz CT molecular complexity index is 222. The van der Waals surface area contributed by atoms with Crippen LogP contribution in [0.4, 0.5) is 13.2 Å². The number of rotatable bonds is 8. The Morgan fingerprint density at radius 2 is 1.88 bits per heavy atom. The van der Waals surface area contributed by atoms with Crippen molar-refractivity contribution >= 4 is 5.91 Å². The van der Waals surface area contributed by atoms with E-state index in [1.54, 1.807) is 0 Å². The van der Waals surface area contributed by atoms with Gasteiger partial charge in [0.05, 0.1) is 6.61 Å². The number of hydrogen-bond acceptors (Lipinski definition) is 3. The molecule has 0 aromatic heterocycles. The lowest BCUT2D eigenvalue weighted by atomic mass is 10.2. The normalized spacial score (nSPS) is 11.6. The summed E-state index contributed by atoms with van der Waals surface area (Å²) in [7, 11) is 0. The Kier molecular flexibility index (Phi) is 7.90. The van der Waals surface area contributed by atoms with Gasteiger partial charge in [0.1, 0.15) is 6.54 Å². The van der Waals surface area contributed by atoms with Gasteiger partial charge in [-0.1, -0.05) is 6.42 Å². The highest BCUT2D eigenvalue weighted by Gasteiger charge is 2.32. The minimum Gasteiger partial charge on any atom is -0.395 e. The third-order valence-electron chi connectivity index (χ3n) is 2.19. The first-order chi connectivity index (χ1) is 7.90. The molecule has 0 aliphatic rings. The molecule has 4 nitrogen and oxygen atoms in total. The number of unbranched alkanes of at least 4 members (excludes halogenated alkanes) is 2. The van der Waals surface area contributed by atoms with Crippen molar-refractivity contribution in [2.45, 2.75) is 31.9 Å². The molecule has 0 heterocycles. The summed E-state index contributed by atoms with van der Waals surface area (Å²) in [6, 6.07) is 0. The highest BCUT2D eigenvalue weighted by molar-refractivity contribution is 5.76. The summed E-state index contributed by atoms with van der Waals surface area (Å²) in [4.78, 5) is 12.1. The highest BCUT2D eigenvalue weighted by atomic mass is 19.4. The number of amides is 1. The quantitative estimate of drug-likeness (QED) is 0.634. The number of nitrogens with zero attached hydrogens (tertiary/aromatic N) is 1. The van der Waals surface area contributed by atoms with Gasteiger partial charge in [-0.3, -0.25) is 4.79 Å². The van der Waals surface area contributed by atoms with Crippen molar-refractivity contribution in [1.82, 2.24) is 4.90 Å². The third kappa shape index (κ3) is 8.93. The lowest BCUT2D eigenvalue weighted by Crippen LogP contribution is -2.40. The molecule has 102 valence electrons. The van der Waals surface area contributed by atoms with Gasteiger partial charge in [-0.25, -0.2) is 0 Å². The average molecular weight is 256 g/mol. The van der Waals surface area contributed by atoms with Gasteiger partial charge in [0.15, 0.2) is 0 Å². The average Bonchev–Trinajstić information content (AvgIpc) is 2.21. The summed E-state index contributed by atoms with van der Waals surface area (Å²) in [6.07, 6.45) is -2.36. The van der Waals surface area contributed by atoms with Crippen LogP contribution in [-0.2, 0) is 4.79 Å². The molecule has 17 heavy (non-hydrogen) atoms. The molecule has 3 N–H and O–H groups in total. The molecule has 0 saturated carbocycles. The summed E-state index contributed by atoms with van der Waals surface area (Å²) in [6.45, 7) is -1.54. The Labute approximate surface area is 98.6 Å². The fourth-order valence-corrected chi connectivity index (χ4v) is 1.38. The van der Waals surface area contributed by atoms with Gasteiger partial charge in [0.2, 0.25) is 5.91 Å². The summed E-state index contributed by atoms with van der Waals surface area (Å²) >= 11 is 0. The maximum Gasteiger partial charge on any atom is 0.406 e. The predicted molar refractivity (Wildman–Crippen MR) is 57.2 cm³/mol. The number of hydrogen-bond donors (Lipinski definition) is 2. The lowest BCUT2D eigenvalue weighted by molar-refractivity contribution is -0.162. The number of nitrogens with two attached hydrogens (primary N) is 1. The van der Waals surface area contributed by atoms with Crippen LogP contribution in [0.5, 0.6) is 0 Å². The number of carbonyl (C=O) groups is 1. The van der Waals surface area contributed by atoms with Gasteiger partial charge >= 0.3 is 6.18 Å². The zero-order chi connectivity index (χ0) is 13.3.